The standard InChI is InChI=1S/C21H22O6/c1-15(22)27-18-10-8-16(9-11-18)19(23)24-12-21(2)13-25-20(26-14-21)17-6-4-3-5-7-17/h3-11,20H,12-14H2,1-2H3. The zero-order valence-corrected chi connectivity index (χ0v) is 15.3. The highest BCUT2D eigenvalue weighted by Crippen LogP contribution is 2.31. The topological polar surface area (TPSA) is 71.1 Å². The number of rotatable bonds is 5. The molecule has 27 heavy (non-hydrogen) atoms. The van der Waals surface area contributed by atoms with Crippen LogP contribution in [0.25, 0.3) is 0 Å². The van der Waals surface area contributed by atoms with Gasteiger partial charge in [0.1, 0.15) is 12.4 Å². The molecular formula is C21H22O6. The van der Waals surface area contributed by atoms with Crippen molar-refractivity contribution in [3.05, 3.63) is 65.7 Å². The van der Waals surface area contributed by atoms with Crippen molar-refractivity contribution < 1.29 is 28.5 Å². The predicted octanol–water partition coefficient (Wildman–Crippen LogP) is 3.52. The molecule has 1 aliphatic rings. The summed E-state index contributed by atoms with van der Waals surface area (Å²) in [6.45, 7) is 4.29. The van der Waals surface area contributed by atoms with Crippen LogP contribution in [0.3, 0.4) is 0 Å². The van der Waals surface area contributed by atoms with Crippen LogP contribution in [0.1, 0.15) is 36.1 Å². The van der Waals surface area contributed by atoms with Gasteiger partial charge >= 0.3 is 11.9 Å². The quantitative estimate of drug-likeness (QED) is 0.592. The number of esters is 2. The van der Waals surface area contributed by atoms with Crippen LogP contribution < -0.4 is 4.74 Å². The van der Waals surface area contributed by atoms with Gasteiger partial charge in [0.25, 0.3) is 0 Å². The Bertz CT molecular complexity index is 776. The van der Waals surface area contributed by atoms with Crippen LogP contribution in [-0.2, 0) is 19.0 Å². The first-order chi connectivity index (χ1) is 13.0. The van der Waals surface area contributed by atoms with E-state index in [1.54, 1.807) is 24.3 Å². The Morgan fingerprint density at radius 1 is 1.04 bits per heavy atom. The molecule has 0 aromatic heterocycles. The zero-order valence-electron chi connectivity index (χ0n) is 15.3. The Kier molecular flexibility index (Phi) is 5.88. The molecule has 1 fully saturated rings. The summed E-state index contributed by atoms with van der Waals surface area (Å²) in [5, 5.41) is 0. The second kappa shape index (κ2) is 8.33. The van der Waals surface area contributed by atoms with Gasteiger partial charge in [0.15, 0.2) is 6.29 Å². The van der Waals surface area contributed by atoms with Gasteiger partial charge in [0.05, 0.1) is 18.8 Å². The van der Waals surface area contributed by atoms with Gasteiger partial charge in [-0.25, -0.2) is 4.79 Å². The van der Waals surface area contributed by atoms with Gasteiger partial charge in [0, 0.05) is 17.9 Å². The third-order valence-corrected chi connectivity index (χ3v) is 4.14. The SMILES string of the molecule is CC(=O)Oc1ccc(C(=O)OCC2(C)COC(c3ccccc3)OC2)cc1. The molecule has 0 bridgehead atoms. The minimum Gasteiger partial charge on any atom is -0.461 e. The fourth-order valence-corrected chi connectivity index (χ4v) is 2.68. The summed E-state index contributed by atoms with van der Waals surface area (Å²) in [4.78, 5) is 23.2. The molecule has 0 aliphatic carbocycles. The first-order valence-corrected chi connectivity index (χ1v) is 8.69. The van der Waals surface area contributed by atoms with Crippen molar-refractivity contribution in [3.8, 4) is 5.75 Å². The summed E-state index contributed by atoms with van der Waals surface area (Å²) in [7, 11) is 0. The van der Waals surface area contributed by atoms with Crippen molar-refractivity contribution in [2.24, 2.45) is 5.41 Å². The smallest absolute Gasteiger partial charge is 0.338 e. The summed E-state index contributed by atoms with van der Waals surface area (Å²) in [5.41, 5.74) is 0.928. The molecular weight excluding hydrogens is 348 g/mol. The van der Waals surface area contributed by atoms with Crippen LogP contribution in [0.4, 0.5) is 0 Å². The number of hydrogen-bond donors (Lipinski definition) is 0. The van der Waals surface area contributed by atoms with Gasteiger partial charge < -0.3 is 18.9 Å². The highest BCUT2D eigenvalue weighted by molar-refractivity contribution is 5.89. The molecule has 0 spiro atoms. The fraction of sp³-hybridized carbons (Fsp3) is 0.333. The summed E-state index contributed by atoms with van der Waals surface area (Å²) < 4.78 is 22.0. The molecule has 6 heteroatoms. The van der Waals surface area contributed by atoms with E-state index < -0.39 is 23.6 Å². The number of carbonyl (C=O) groups is 2. The highest BCUT2D eigenvalue weighted by atomic mass is 16.7. The Labute approximate surface area is 158 Å². The van der Waals surface area contributed by atoms with Crippen molar-refractivity contribution >= 4 is 11.9 Å². The second-order valence-corrected chi connectivity index (χ2v) is 6.87. The highest BCUT2D eigenvalue weighted by Gasteiger charge is 2.34. The lowest BCUT2D eigenvalue weighted by molar-refractivity contribution is -0.236. The van der Waals surface area contributed by atoms with Gasteiger partial charge in [-0.1, -0.05) is 37.3 Å². The molecule has 2 aromatic carbocycles. The predicted molar refractivity (Wildman–Crippen MR) is 97.2 cm³/mol. The molecule has 1 aliphatic heterocycles. The van der Waals surface area contributed by atoms with E-state index >= 15 is 0 Å². The minimum atomic E-state index is -0.448. The largest absolute Gasteiger partial charge is 0.461 e. The van der Waals surface area contributed by atoms with Crippen LogP contribution in [0.2, 0.25) is 0 Å². The molecule has 0 amide bonds. The van der Waals surface area contributed by atoms with Crippen LogP contribution >= 0.6 is 0 Å². The summed E-state index contributed by atoms with van der Waals surface area (Å²) in [6, 6.07) is 15.9. The summed E-state index contributed by atoms with van der Waals surface area (Å²) >= 11 is 0. The van der Waals surface area contributed by atoms with E-state index in [0.717, 1.165) is 5.56 Å². The molecule has 1 heterocycles. The lowest BCUT2D eigenvalue weighted by Gasteiger charge is -2.36. The molecule has 142 valence electrons. The Morgan fingerprint density at radius 2 is 1.67 bits per heavy atom. The van der Waals surface area contributed by atoms with Crippen molar-refractivity contribution in [1.82, 2.24) is 0 Å². The fourth-order valence-electron chi connectivity index (χ4n) is 2.68. The zero-order chi connectivity index (χ0) is 19.3. The number of carbonyl (C=O) groups excluding carboxylic acids is 2. The van der Waals surface area contributed by atoms with E-state index in [-0.39, 0.29) is 6.61 Å². The second-order valence-electron chi connectivity index (χ2n) is 6.87. The minimum absolute atomic E-state index is 0.180. The average molecular weight is 370 g/mol. The van der Waals surface area contributed by atoms with Gasteiger partial charge in [-0.15, -0.1) is 0 Å². The molecule has 0 atom stereocenters. The molecule has 1 saturated heterocycles. The van der Waals surface area contributed by atoms with E-state index in [1.165, 1.54) is 6.92 Å². The third-order valence-electron chi connectivity index (χ3n) is 4.14. The van der Waals surface area contributed by atoms with Crippen molar-refractivity contribution in [2.75, 3.05) is 19.8 Å². The van der Waals surface area contributed by atoms with Gasteiger partial charge in [-0.3, -0.25) is 4.79 Å². The van der Waals surface area contributed by atoms with Crippen LogP contribution in [-0.4, -0.2) is 31.8 Å². The van der Waals surface area contributed by atoms with Crippen LogP contribution in [0, 0.1) is 5.41 Å². The molecule has 2 aromatic rings. The summed E-state index contributed by atoms with van der Waals surface area (Å²) in [5.74, 6) is -0.479. The third kappa shape index (κ3) is 5.15. The number of benzene rings is 2. The van der Waals surface area contributed by atoms with Crippen molar-refractivity contribution in [1.29, 1.82) is 0 Å². The lowest BCUT2D eigenvalue weighted by atomic mass is 9.93. The molecule has 0 unspecified atom stereocenters. The number of ether oxygens (including phenoxy) is 4. The maximum Gasteiger partial charge on any atom is 0.338 e. The van der Waals surface area contributed by atoms with Crippen molar-refractivity contribution in [3.63, 3.8) is 0 Å². The summed E-state index contributed by atoms with van der Waals surface area (Å²) in [6.07, 6.45) is -0.399. The van der Waals surface area contributed by atoms with E-state index in [4.69, 9.17) is 18.9 Å². The Morgan fingerprint density at radius 3 is 2.26 bits per heavy atom. The molecule has 0 N–H and O–H groups in total. The molecule has 0 radical (unpaired) electrons. The van der Waals surface area contributed by atoms with Gasteiger partial charge in [0.2, 0.25) is 0 Å². The van der Waals surface area contributed by atoms with Gasteiger partial charge in [-0.2, -0.15) is 0 Å². The Hall–Kier alpha value is -2.70. The first kappa shape index (κ1) is 19.1. The first-order valence-electron chi connectivity index (χ1n) is 8.69. The van der Waals surface area contributed by atoms with E-state index in [2.05, 4.69) is 0 Å². The van der Waals surface area contributed by atoms with Crippen LogP contribution in [0.5, 0.6) is 5.75 Å². The van der Waals surface area contributed by atoms with E-state index in [9.17, 15) is 9.59 Å². The van der Waals surface area contributed by atoms with E-state index in [0.29, 0.717) is 24.5 Å². The van der Waals surface area contributed by atoms with Crippen LogP contribution in [0.15, 0.2) is 54.6 Å². The van der Waals surface area contributed by atoms with Gasteiger partial charge in [-0.05, 0) is 24.3 Å². The maximum absolute atomic E-state index is 12.2. The normalized spacial score (nSPS) is 22.1. The monoisotopic (exact) mass is 370 g/mol. The number of hydrogen-bond acceptors (Lipinski definition) is 6. The Balaban J connectivity index is 1.50. The van der Waals surface area contributed by atoms with Crippen molar-refractivity contribution in [2.45, 2.75) is 20.1 Å². The maximum atomic E-state index is 12.2. The van der Waals surface area contributed by atoms with E-state index in [1.807, 2.05) is 37.3 Å². The molecule has 6 nitrogen and oxygen atoms in total. The molecule has 0 saturated carbocycles. The lowest BCUT2D eigenvalue weighted by Crippen LogP contribution is -2.40. The molecule has 3 rings (SSSR count). The average Bonchev–Trinajstić information content (AvgIpc) is 2.68.